The summed E-state index contributed by atoms with van der Waals surface area (Å²) in [4.78, 5) is 13.2. The van der Waals surface area contributed by atoms with Gasteiger partial charge >= 0.3 is 0 Å². The van der Waals surface area contributed by atoms with E-state index in [1.165, 1.54) is 0 Å². The number of hydrogen-bond acceptors (Lipinski definition) is 3. The number of nitrogens with zero attached hydrogens (tertiary/aromatic N) is 3. The molecule has 3 nitrogen and oxygen atoms in total. The van der Waals surface area contributed by atoms with Crippen molar-refractivity contribution >= 4 is 17.4 Å². The molecule has 1 aliphatic heterocycles. The van der Waals surface area contributed by atoms with Crippen molar-refractivity contribution in [1.82, 2.24) is 0 Å². The summed E-state index contributed by atoms with van der Waals surface area (Å²) >= 11 is 0. The molecule has 3 heteroatoms. The van der Waals surface area contributed by atoms with Gasteiger partial charge in [0.1, 0.15) is 12.5 Å². The molecule has 0 unspecified atom stereocenters. The number of hydrogen-bond donors (Lipinski definition) is 0. The monoisotopic (exact) mass is 767 g/mol. The topological polar surface area (TPSA) is 28.0 Å². The molecule has 0 atom stereocenters. The van der Waals surface area contributed by atoms with Crippen molar-refractivity contribution in [3.8, 4) is 66.8 Å². The minimum atomic E-state index is 0.382. The van der Waals surface area contributed by atoms with Gasteiger partial charge in [0, 0.05) is 16.8 Å². The summed E-state index contributed by atoms with van der Waals surface area (Å²) < 4.78 is 0. The zero-order valence-corrected chi connectivity index (χ0v) is 33.1. The number of aliphatic imine (C=N–C) groups is 2. The standard InChI is InChI=1S/C57H41N3/c1-7-19-41(20-8-1)47-31-48(42-21-9-2-10-22-42)35-53(34-47)56-58-40-60(55-38-51(45-27-15-5-16-28-45)33-52(39-55)46-29-17-6-18-30-46)57(59-56)54-36-49(43-23-11-3-12-24-43)32-50(37-54)44-25-13-4-14-26-44/h1-39H,40H2. The average molecular weight is 768 g/mol. The van der Waals surface area contributed by atoms with E-state index in [4.69, 9.17) is 9.98 Å². The molecule has 0 radical (unpaired) electrons. The van der Waals surface area contributed by atoms with Gasteiger partial charge in [-0.3, -0.25) is 0 Å². The Morgan fingerprint density at radius 1 is 0.267 bits per heavy atom. The summed E-state index contributed by atoms with van der Waals surface area (Å²) in [7, 11) is 0. The first-order valence-electron chi connectivity index (χ1n) is 20.4. The molecule has 0 aromatic heterocycles. The van der Waals surface area contributed by atoms with Gasteiger partial charge in [0.2, 0.25) is 0 Å². The second-order valence-corrected chi connectivity index (χ2v) is 15.0. The third-order valence-electron chi connectivity index (χ3n) is 11.1. The predicted octanol–water partition coefficient (Wildman–Crippen LogP) is 14.4. The molecule has 0 aliphatic carbocycles. The Hall–Kier alpha value is -7.88. The van der Waals surface area contributed by atoms with E-state index in [9.17, 15) is 0 Å². The minimum Gasteiger partial charge on any atom is -0.306 e. The van der Waals surface area contributed by atoms with Gasteiger partial charge < -0.3 is 4.90 Å². The zero-order chi connectivity index (χ0) is 40.1. The Bertz CT molecular complexity index is 2790. The lowest BCUT2D eigenvalue weighted by Crippen LogP contribution is -2.36. The summed E-state index contributed by atoms with van der Waals surface area (Å²) in [5.74, 6) is 1.54. The van der Waals surface area contributed by atoms with Crippen LogP contribution in [0.1, 0.15) is 11.1 Å². The van der Waals surface area contributed by atoms with Crippen molar-refractivity contribution in [3.63, 3.8) is 0 Å². The van der Waals surface area contributed by atoms with Crippen LogP contribution in [-0.4, -0.2) is 18.3 Å². The molecule has 0 fully saturated rings. The van der Waals surface area contributed by atoms with Gasteiger partial charge in [-0.15, -0.1) is 0 Å². The molecule has 0 saturated carbocycles. The Labute approximate surface area is 352 Å². The first-order chi connectivity index (χ1) is 29.7. The summed E-state index contributed by atoms with van der Waals surface area (Å²) in [5.41, 5.74) is 16.6. The maximum Gasteiger partial charge on any atom is 0.158 e. The second-order valence-electron chi connectivity index (χ2n) is 15.0. The van der Waals surface area contributed by atoms with Gasteiger partial charge in [0.05, 0.1) is 0 Å². The average Bonchev–Trinajstić information content (AvgIpc) is 3.35. The molecular weight excluding hydrogens is 727 g/mol. The van der Waals surface area contributed by atoms with Crippen molar-refractivity contribution in [2.24, 2.45) is 9.98 Å². The van der Waals surface area contributed by atoms with Crippen molar-refractivity contribution in [1.29, 1.82) is 0 Å². The van der Waals surface area contributed by atoms with E-state index < -0.39 is 0 Å². The molecule has 60 heavy (non-hydrogen) atoms. The van der Waals surface area contributed by atoms with E-state index in [1.54, 1.807) is 0 Å². The fraction of sp³-hybridized carbons (Fsp3) is 0.0175. The number of benzene rings is 9. The highest BCUT2D eigenvalue weighted by molar-refractivity contribution is 6.20. The SMILES string of the molecule is c1ccc(-c2cc(C3=NCN(c4cc(-c5ccccc5)cc(-c5ccccc5)c4)C(c4cc(-c5ccccc5)cc(-c5ccccc5)c4)=N3)cc(-c3ccccc3)c2)cc1. The van der Waals surface area contributed by atoms with Crippen LogP contribution >= 0.6 is 0 Å². The number of rotatable bonds is 9. The highest BCUT2D eigenvalue weighted by Gasteiger charge is 2.25. The minimum absolute atomic E-state index is 0.382. The normalized spacial score (nSPS) is 12.4. The summed E-state index contributed by atoms with van der Waals surface area (Å²) in [6.45, 7) is 0.382. The van der Waals surface area contributed by atoms with E-state index in [0.29, 0.717) is 12.5 Å². The number of anilines is 1. The van der Waals surface area contributed by atoms with E-state index in [1.807, 2.05) is 0 Å². The Balaban J connectivity index is 1.20. The smallest absolute Gasteiger partial charge is 0.158 e. The van der Waals surface area contributed by atoms with Gasteiger partial charge in [-0.2, -0.15) is 0 Å². The summed E-state index contributed by atoms with van der Waals surface area (Å²) in [6, 6.07) is 84.1. The van der Waals surface area contributed by atoms with Crippen molar-refractivity contribution in [2.45, 2.75) is 0 Å². The van der Waals surface area contributed by atoms with Crippen LogP contribution < -0.4 is 4.90 Å². The van der Waals surface area contributed by atoms with Crippen LogP contribution in [0.2, 0.25) is 0 Å². The first-order valence-corrected chi connectivity index (χ1v) is 20.4. The fourth-order valence-corrected chi connectivity index (χ4v) is 8.04. The van der Waals surface area contributed by atoms with Crippen molar-refractivity contribution in [3.05, 3.63) is 248 Å². The molecule has 9 aromatic rings. The molecule has 9 aromatic carbocycles. The molecule has 0 saturated heterocycles. The largest absolute Gasteiger partial charge is 0.306 e. The Kier molecular flexibility index (Phi) is 10.0. The van der Waals surface area contributed by atoms with E-state index >= 15 is 0 Å². The highest BCUT2D eigenvalue weighted by atomic mass is 15.3. The Morgan fingerprint density at radius 3 is 0.850 bits per heavy atom. The molecule has 284 valence electrons. The number of amidine groups is 2. The fourth-order valence-electron chi connectivity index (χ4n) is 8.04. The first kappa shape index (κ1) is 36.5. The summed E-state index contributed by atoms with van der Waals surface area (Å²) in [5, 5.41) is 0. The van der Waals surface area contributed by atoms with Crippen LogP contribution in [0.3, 0.4) is 0 Å². The van der Waals surface area contributed by atoms with Crippen LogP contribution in [0.4, 0.5) is 5.69 Å². The molecular formula is C57H41N3. The maximum atomic E-state index is 5.62. The van der Waals surface area contributed by atoms with Gasteiger partial charge in [-0.25, -0.2) is 9.98 Å². The lowest BCUT2D eigenvalue weighted by Gasteiger charge is -2.30. The van der Waals surface area contributed by atoms with Gasteiger partial charge in [0.25, 0.3) is 0 Å². The summed E-state index contributed by atoms with van der Waals surface area (Å²) in [6.07, 6.45) is 0. The van der Waals surface area contributed by atoms with E-state index in [0.717, 1.165) is 89.4 Å². The van der Waals surface area contributed by atoms with Crippen LogP contribution in [0, 0.1) is 0 Å². The van der Waals surface area contributed by atoms with E-state index in [-0.39, 0.29) is 0 Å². The van der Waals surface area contributed by atoms with Crippen LogP contribution in [-0.2, 0) is 0 Å². The molecule has 0 amide bonds. The van der Waals surface area contributed by atoms with Gasteiger partial charge in [0.15, 0.2) is 5.84 Å². The molecule has 0 N–H and O–H groups in total. The van der Waals surface area contributed by atoms with Gasteiger partial charge in [-0.1, -0.05) is 182 Å². The second kappa shape index (κ2) is 16.5. The molecule has 10 rings (SSSR count). The van der Waals surface area contributed by atoms with Crippen LogP contribution in [0.5, 0.6) is 0 Å². The Morgan fingerprint density at radius 2 is 0.533 bits per heavy atom. The van der Waals surface area contributed by atoms with Gasteiger partial charge in [-0.05, 0) is 121 Å². The van der Waals surface area contributed by atoms with Crippen LogP contribution in [0.15, 0.2) is 247 Å². The lowest BCUT2D eigenvalue weighted by molar-refractivity contribution is 0.985. The quantitative estimate of drug-likeness (QED) is 0.144. The third-order valence-corrected chi connectivity index (χ3v) is 11.1. The predicted molar refractivity (Wildman–Crippen MR) is 252 cm³/mol. The van der Waals surface area contributed by atoms with Crippen molar-refractivity contribution in [2.75, 3.05) is 11.6 Å². The zero-order valence-electron chi connectivity index (χ0n) is 33.1. The molecule has 1 aliphatic rings. The molecule has 0 spiro atoms. The third kappa shape index (κ3) is 7.72. The highest BCUT2D eigenvalue weighted by Crippen LogP contribution is 2.36. The van der Waals surface area contributed by atoms with Crippen LogP contribution in [0.25, 0.3) is 66.8 Å². The van der Waals surface area contributed by atoms with Crippen molar-refractivity contribution < 1.29 is 0 Å². The maximum absolute atomic E-state index is 5.62. The molecule has 0 bridgehead atoms. The lowest BCUT2D eigenvalue weighted by atomic mass is 9.94. The van der Waals surface area contributed by atoms with E-state index in [2.05, 4.69) is 241 Å². The molecule has 1 heterocycles.